The molecule has 1 aromatic rings. The van der Waals surface area contributed by atoms with Gasteiger partial charge >= 0.3 is 0 Å². The van der Waals surface area contributed by atoms with Crippen molar-refractivity contribution in [1.82, 2.24) is 4.90 Å². The van der Waals surface area contributed by atoms with Gasteiger partial charge in [-0.05, 0) is 47.1 Å². The maximum atomic E-state index is 9.01. The lowest BCUT2D eigenvalue weighted by Gasteiger charge is -2.27. The Morgan fingerprint density at radius 3 is 2.76 bits per heavy atom. The highest BCUT2D eigenvalue weighted by Gasteiger charge is 2.14. The summed E-state index contributed by atoms with van der Waals surface area (Å²) in [7, 11) is 0. The predicted molar refractivity (Wildman–Crippen MR) is 73.6 cm³/mol. The largest absolute Gasteiger partial charge is 0.329 e. The summed E-state index contributed by atoms with van der Waals surface area (Å²) in [6.07, 6.45) is 0. The van der Waals surface area contributed by atoms with Crippen molar-refractivity contribution < 1.29 is 0 Å². The number of benzene rings is 1. The van der Waals surface area contributed by atoms with E-state index in [2.05, 4.69) is 46.8 Å². The van der Waals surface area contributed by atoms with Crippen LogP contribution in [-0.4, -0.2) is 24.5 Å². The molecule has 0 aliphatic carbocycles. The van der Waals surface area contributed by atoms with E-state index in [-0.39, 0.29) is 6.04 Å². The Balaban J connectivity index is 2.95. The first-order chi connectivity index (χ1) is 8.13. The van der Waals surface area contributed by atoms with Crippen molar-refractivity contribution in [3.8, 4) is 6.07 Å². The van der Waals surface area contributed by atoms with Gasteiger partial charge in [0.2, 0.25) is 0 Å². The van der Waals surface area contributed by atoms with Crippen molar-refractivity contribution >= 4 is 15.9 Å². The fourth-order valence-electron chi connectivity index (χ4n) is 1.89. The first kappa shape index (κ1) is 14.2. The van der Waals surface area contributed by atoms with Gasteiger partial charge in [-0.1, -0.05) is 13.0 Å². The Morgan fingerprint density at radius 1 is 1.53 bits per heavy atom. The van der Waals surface area contributed by atoms with Gasteiger partial charge in [-0.25, -0.2) is 0 Å². The lowest BCUT2D eigenvalue weighted by molar-refractivity contribution is 0.228. The second-order valence-corrected chi connectivity index (χ2v) is 4.80. The molecule has 0 bridgehead atoms. The number of likely N-dealkylation sites (N-methyl/N-ethyl adjacent to an activating group) is 1. The topological polar surface area (TPSA) is 53.0 Å². The Bertz CT molecular complexity index is 412. The monoisotopic (exact) mass is 295 g/mol. The second kappa shape index (κ2) is 6.75. The summed E-state index contributed by atoms with van der Waals surface area (Å²) in [6.45, 7) is 6.74. The van der Waals surface area contributed by atoms with Crippen LogP contribution < -0.4 is 5.73 Å². The molecule has 2 N–H and O–H groups in total. The molecule has 0 aliphatic rings. The molecule has 0 fully saturated rings. The van der Waals surface area contributed by atoms with E-state index in [9.17, 15) is 0 Å². The van der Waals surface area contributed by atoms with E-state index in [0.717, 1.165) is 23.1 Å². The van der Waals surface area contributed by atoms with E-state index in [0.29, 0.717) is 12.1 Å². The Morgan fingerprint density at radius 2 is 2.24 bits per heavy atom. The van der Waals surface area contributed by atoms with Crippen molar-refractivity contribution in [2.24, 2.45) is 5.73 Å². The third kappa shape index (κ3) is 3.53. The molecule has 3 nitrogen and oxygen atoms in total. The summed E-state index contributed by atoms with van der Waals surface area (Å²) in [5.41, 5.74) is 7.43. The summed E-state index contributed by atoms with van der Waals surface area (Å²) in [5, 5.41) is 9.01. The molecule has 92 valence electrons. The van der Waals surface area contributed by atoms with Crippen LogP contribution in [0.3, 0.4) is 0 Å². The number of nitrogens with zero attached hydrogens (tertiary/aromatic N) is 2. The van der Waals surface area contributed by atoms with Crippen molar-refractivity contribution in [3.05, 3.63) is 33.8 Å². The minimum atomic E-state index is 0.281. The van der Waals surface area contributed by atoms with Gasteiger partial charge < -0.3 is 5.73 Å². The normalized spacial score (nSPS) is 12.5. The number of rotatable bonds is 5. The van der Waals surface area contributed by atoms with Crippen LogP contribution in [0.4, 0.5) is 0 Å². The molecule has 0 aromatic heterocycles. The minimum Gasteiger partial charge on any atom is -0.329 e. The zero-order valence-electron chi connectivity index (χ0n) is 10.3. The number of hydrogen-bond acceptors (Lipinski definition) is 3. The standard InChI is InChI=1S/C13H18BrN3/c1-3-17(7-6-15)10(2)11-4-5-13(14)12(8-11)9-16/h4-5,8,10H,3,6-7,15H2,1-2H3. The van der Waals surface area contributed by atoms with Gasteiger partial charge in [0.25, 0.3) is 0 Å². The highest BCUT2D eigenvalue weighted by molar-refractivity contribution is 9.10. The van der Waals surface area contributed by atoms with Gasteiger partial charge in [-0.3, -0.25) is 4.90 Å². The van der Waals surface area contributed by atoms with Crippen LogP contribution in [0, 0.1) is 11.3 Å². The fourth-order valence-corrected chi connectivity index (χ4v) is 2.23. The van der Waals surface area contributed by atoms with Crippen LogP contribution in [0.15, 0.2) is 22.7 Å². The van der Waals surface area contributed by atoms with E-state index in [1.54, 1.807) is 0 Å². The molecule has 0 saturated carbocycles. The maximum Gasteiger partial charge on any atom is 0.100 e. The zero-order chi connectivity index (χ0) is 12.8. The van der Waals surface area contributed by atoms with E-state index in [1.807, 2.05) is 12.1 Å². The molecule has 4 heteroatoms. The number of nitriles is 1. The van der Waals surface area contributed by atoms with Gasteiger partial charge in [-0.15, -0.1) is 0 Å². The average Bonchev–Trinajstić information content (AvgIpc) is 2.35. The second-order valence-electron chi connectivity index (χ2n) is 3.94. The SMILES string of the molecule is CCN(CCN)C(C)c1ccc(Br)c(C#N)c1. The summed E-state index contributed by atoms with van der Waals surface area (Å²) in [6, 6.07) is 8.39. The Labute approximate surface area is 111 Å². The molecule has 0 heterocycles. The molecule has 0 amide bonds. The number of halogens is 1. The van der Waals surface area contributed by atoms with Crippen molar-refractivity contribution in [2.45, 2.75) is 19.9 Å². The average molecular weight is 296 g/mol. The molecular formula is C13H18BrN3. The summed E-state index contributed by atoms with van der Waals surface area (Å²) < 4.78 is 0.845. The van der Waals surface area contributed by atoms with E-state index in [4.69, 9.17) is 11.0 Å². The third-order valence-electron chi connectivity index (χ3n) is 2.96. The lowest BCUT2D eigenvalue weighted by atomic mass is 10.0. The van der Waals surface area contributed by atoms with Crippen LogP contribution in [0.25, 0.3) is 0 Å². The fraction of sp³-hybridized carbons (Fsp3) is 0.462. The highest BCUT2D eigenvalue weighted by atomic mass is 79.9. The van der Waals surface area contributed by atoms with Crippen molar-refractivity contribution in [3.63, 3.8) is 0 Å². The molecule has 17 heavy (non-hydrogen) atoms. The molecular weight excluding hydrogens is 278 g/mol. The van der Waals surface area contributed by atoms with Gasteiger partial charge in [-0.2, -0.15) is 5.26 Å². The molecule has 0 aliphatic heterocycles. The van der Waals surface area contributed by atoms with E-state index in [1.165, 1.54) is 0 Å². The molecule has 0 spiro atoms. The molecule has 1 aromatic carbocycles. The van der Waals surface area contributed by atoms with Crippen LogP contribution in [0.5, 0.6) is 0 Å². The van der Waals surface area contributed by atoms with Crippen molar-refractivity contribution in [1.29, 1.82) is 5.26 Å². The molecule has 1 rings (SSSR count). The summed E-state index contributed by atoms with van der Waals surface area (Å²) in [4.78, 5) is 2.30. The summed E-state index contributed by atoms with van der Waals surface area (Å²) >= 11 is 3.37. The van der Waals surface area contributed by atoms with Crippen LogP contribution >= 0.6 is 15.9 Å². The van der Waals surface area contributed by atoms with Gasteiger partial charge in [0, 0.05) is 23.6 Å². The zero-order valence-corrected chi connectivity index (χ0v) is 11.9. The summed E-state index contributed by atoms with van der Waals surface area (Å²) in [5.74, 6) is 0. The predicted octanol–water partition coefficient (Wildman–Crippen LogP) is 2.66. The third-order valence-corrected chi connectivity index (χ3v) is 3.65. The first-order valence-electron chi connectivity index (χ1n) is 5.77. The lowest BCUT2D eigenvalue weighted by Crippen LogP contribution is -2.31. The van der Waals surface area contributed by atoms with Crippen LogP contribution in [0.2, 0.25) is 0 Å². The maximum absolute atomic E-state index is 9.01. The minimum absolute atomic E-state index is 0.281. The van der Waals surface area contributed by atoms with Gasteiger partial charge in [0.15, 0.2) is 0 Å². The quantitative estimate of drug-likeness (QED) is 0.909. The first-order valence-corrected chi connectivity index (χ1v) is 6.57. The molecule has 1 unspecified atom stereocenters. The number of hydrogen-bond donors (Lipinski definition) is 1. The Kier molecular flexibility index (Phi) is 5.63. The Hall–Kier alpha value is -0.890. The van der Waals surface area contributed by atoms with Crippen molar-refractivity contribution in [2.75, 3.05) is 19.6 Å². The van der Waals surface area contributed by atoms with Crippen LogP contribution in [0.1, 0.15) is 31.0 Å². The van der Waals surface area contributed by atoms with Gasteiger partial charge in [0.05, 0.1) is 5.56 Å². The molecule has 1 atom stereocenters. The molecule has 0 radical (unpaired) electrons. The van der Waals surface area contributed by atoms with E-state index < -0.39 is 0 Å². The van der Waals surface area contributed by atoms with E-state index >= 15 is 0 Å². The van der Waals surface area contributed by atoms with Gasteiger partial charge in [0.1, 0.15) is 6.07 Å². The number of nitrogens with two attached hydrogens (primary N) is 1. The highest BCUT2D eigenvalue weighted by Crippen LogP contribution is 2.24. The molecule has 0 saturated heterocycles. The van der Waals surface area contributed by atoms with Crippen LogP contribution in [-0.2, 0) is 0 Å². The smallest absolute Gasteiger partial charge is 0.100 e.